The molecule has 124 valence electrons. The number of methoxy groups -OCH3 is 1. The van der Waals surface area contributed by atoms with Crippen LogP contribution in [-0.2, 0) is 19.7 Å². The summed E-state index contributed by atoms with van der Waals surface area (Å²) in [7, 11) is 1.45. The molecule has 0 amide bonds. The van der Waals surface area contributed by atoms with Crippen molar-refractivity contribution in [3.8, 4) is 11.9 Å². The molecule has 1 aromatic heterocycles. The number of esters is 1. The molecule has 1 heterocycles. The second-order valence-corrected chi connectivity index (χ2v) is 4.95. The fourth-order valence-corrected chi connectivity index (χ4v) is 2.55. The van der Waals surface area contributed by atoms with Gasteiger partial charge in [0.1, 0.15) is 5.41 Å². The van der Waals surface area contributed by atoms with Crippen LogP contribution in [0.1, 0.15) is 32.3 Å². The lowest BCUT2D eigenvalue weighted by atomic mass is 9.68. The van der Waals surface area contributed by atoms with Gasteiger partial charge < -0.3 is 14.6 Å². The van der Waals surface area contributed by atoms with Crippen molar-refractivity contribution in [1.29, 1.82) is 5.26 Å². The van der Waals surface area contributed by atoms with Crippen LogP contribution in [0.25, 0.3) is 0 Å². The predicted octanol–water partition coefficient (Wildman–Crippen LogP) is 1.92. The molecule has 0 aliphatic carbocycles. The van der Waals surface area contributed by atoms with Gasteiger partial charge in [0.2, 0.25) is 5.88 Å². The zero-order chi connectivity index (χ0) is 17.5. The first kappa shape index (κ1) is 18.4. The summed E-state index contributed by atoms with van der Waals surface area (Å²) in [5.41, 5.74) is -1.20. The maximum atomic E-state index is 11.9. The third kappa shape index (κ3) is 3.97. The Balaban J connectivity index is 3.40. The highest BCUT2D eigenvalue weighted by Gasteiger charge is 2.46. The van der Waals surface area contributed by atoms with Crippen LogP contribution in [-0.4, -0.2) is 35.7 Å². The quantitative estimate of drug-likeness (QED) is 0.728. The summed E-state index contributed by atoms with van der Waals surface area (Å²) < 4.78 is 9.88. The van der Waals surface area contributed by atoms with E-state index in [1.54, 1.807) is 19.9 Å². The largest absolute Gasteiger partial charge is 0.481 e. The van der Waals surface area contributed by atoms with Gasteiger partial charge >= 0.3 is 11.9 Å². The van der Waals surface area contributed by atoms with Gasteiger partial charge in [-0.25, -0.2) is 4.98 Å². The van der Waals surface area contributed by atoms with E-state index in [1.165, 1.54) is 19.4 Å². The van der Waals surface area contributed by atoms with Crippen molar-refractivity contribution in [2.24, 2.45) is 5.92 Å². The third-order valence-corrected chi connectivity index (χ3v) is 3.69. The molecule has 0 saturated carbocycles. The van der Waals surface area contributed by atoms with Crippen LogP contribution in [0.2, 0.25) is 0 Å². The number of carboxylic acid groups (broad SMARTS) is 1. The highest BCUT2D eigenvalue weighted by atomic mass is 16.5. The van der Waals surface area contributed by atoms with E-state index in [2.05, 4.69) is 4.98 Å². The molecular formula is C16H20N2O5. The van der Waals surface area contributed by atoms with Crippen molar-refractivity contribution in [2.75, 3.05) is 13.7 Å². The number of pyridine rings is 1. The first-order valence-corrected chi connectivity index (χ1v) is 7.25. The molecule has 0 aliphatic rings. The zero-order valence-corrected chi connectivity index (χ0v) is 13.4. The maximum Gasteiger partial charge on any atom is 0.308 e. The average molecular weight is 320 g/mol. The van der Waals surface area contributed by atoms with E-state index in [0.717, 1.165) is 0 Å². The number of nitriles is 1. The predicted molar refractivity (Wildman–Crippen MR) is 80.7 cm³/mol. The normalized spacial score (nSPS) is 14.2. The topological polar surface area (TPSA) is 110 Å². The number of aliphatic carboxylic acids is 1. The molecule has 0 aliphatic heterocycles. The Bertz CT molecular complexity index is 593. The molecule has 1 aromatic rings. The molecule has 0 radical (unpaired) electrons. The molecule has 1 rings (SSSR count). The van der Waals surface area contributed by atoms with E-state index in [9.17, 15) is 20.0 Å². The van der Waals surface area contributed by atoms with Gasteiger partial charge in [0.25, 0.3) is 0 Å². The Morgan fingerprint density at radius 2 is 2.13 bits per heavy atom. The van der Waals surface area contributed by atoms with Gasteiger partial charge in [-0.05, 0) is 18.9 Å². The lowest BCUT2D eigenvalue weighted by Gasteiger charge is -2.31. The smallest absolute Gasteiger partial charge is 0.308 e. The van der Waals surface area contributed by atoms with E-state index in [1.807, 2.05) is 6.07 Å². The van der Waals surface area contributed by atoms with Gasteiger partial charge in [-0.1, -0.05) is 13.0 Å². The minimum absolute atomic E-state index is 0.158. The number of carbonyl (C=O) groups is 2. The molecular weight excluding hydrogens is 300 g/mol. The van der Waals surface area contributed by atoms with E-state index >= 15 is 0 Å². The number of hydrogen-bond acceptors (Lipinski definition) is 6. The molecule has 0 fully saturated rings. The third-order valence-electron chi connectivity index (χ3n) is 3.69. The lowest BCUT2D eigenvalue weighted by molar-refractivity contribution is -0.148. The van der Waals surface area contributed by atoms with Gasteiger partial charge in [-0.15, -0.1) is 0 Å². The first-order chi connectivity index (χ1) is 10.9. The average Bonchev–Trinajstić information content (AvgIpc) is 2.54. The number of nitrogens with zero attached hydrogens (tertiary/aromatic N) is 2. The molecule has 0 bridgehead atoms. The van der Waals surface area contributed by atoms with Crippen molar-refractivity contribution in [1.82, 2.24) is 4.98 Å². The molecule has 0 saturated heterocycles. The Hall–Kier alpha value is -2.62. The van der Waals surface area contributed by atoms with Crippen molar-refractivity contribution in [3.63, 3.8) is 0 Å². The van der Waals surface area contributed by atoms with Crippen LogP contribution in [0, 0.1) is 17.2 Å². The monoisotopic (exact) mass is 320 g/mol. The zero-order valence-electron chi connectivity index (χ0n) is 13.4. The molecule has 2 atom stereocenters. The number of carbonyl (C=O) groups excluding carboxylic acids is 1. The lowest BCUT2D eigenvalue weighted by Crippen LogP contribution is -2.41. The SMILES string of the molecule is CCOC(=O)CC(C#N)(c1ccc(OC)nc1)C(CC)C(=O)O. The summed E-state index contributed by atoms with van der Waals surface area (Å²) in [4.78, 5) is 27.6. The van der Waals surface area contributed by atoms with Crippen LogP contribution in [0.15, 0.2) is 18.3 Å². The van der Waals surface area contributed by atoms with Gasteiger partial charge in [-0.2, -0.15) is 5.26 Å². The minimum atomic E-state index is -1.55. The Morgan fingerprint density at radius 1 is 1.43 bits per heavy atom. The highest BCUT2D eigenvalue weighted by Crippen LogP contribution is 2.38. The van der Waals surface area contributed by atoms with Crippen LogP contribution in [0.3, 0.4) is 0 Å². The molecule has 1 N–H and O–H groups in total. The molecule has 7 heteroatoms. The number of rotatable bonds is 8. The number of carboxylic acids is 1. The fraction of sp³-hybridized carbons (Fsp3) is 0.500. The fourth-order valence-electron chi connectivity index (χ4n) is 2.55. The van der Waals surface area contributed by atoms with Crippen LogP contribution in [0.4, 0.5) is 0 Å². The van der Waals surface area contributed by atoms with Crippen LogP contribution in [0.5, 0.6) is 5.88 Å². The Labute approximate surface area is 134 Å². The molecule has 23 heavy (non-hydrogen) atoms. The first-order valence-electron chi connectivity index (χ1n) is 7.25. The Morgan fingerprint density at radius 3 is 2.52 bits per heavy atom. The van der Waals surface area contributed by atoms with Crippen molar-refractivity contribution in [3.05, 3.63) is 23.9 Å². The Kier molecular flexibility index (Phi) is 6.51. The number of ether oxygens (including phenoxy) is 2. The van der Waals surface area contributed by atoms with Gasteiger partial charge in [0.15, 0.2) is 0 Å². The summed E-state index contributed by atoms with van der Waals surface area (Å²) in [6.45, 7) is 3.47. The highest BCUT2D eigenvalue weighted by molar-refractivity contribution is 5.78. The van der Waals surface area contributed by atoms with Crippen molar-refractivity contribution >= 4 is 11.9 Å². The van der Waals surface area contributed by atoms with E-state index in [0.29, 0.717) is 11.4 Å². The number of aromatic nitrogens is 1. The molecule has 0 spiro atoms. The maximum absolute atomic E-state index is 11.9. The summed E-state index contributed by atoms with van der Waals surface area (Å²) >= 11 is 0. The van der Waals surface area contributed by atoms with E-state index in [-0.39, 0.29) is 19.4 Å². The van der Waals surface area contributed by atoms with Gasteiger partial charge in [0, 0.05) is 12.3 Å². The summed E-state index contributed by atoms with van der Waals surface area (Å²) in [5.74, 6) is -2.49. The van der Waals surface area contributed by atoms with Crippen LogP contribution < -0.4 is 4.74 Å². The van der Waals surface area contributed by atoms with Gasteiger partial charge in [-0.3, -0.25) is 9.59 Å². The van der Waals surface area contributed by atoms with E-state index < -0.39 is 23.3 Å². The second-order valence-electron chi connectivity index (χ2n) is 4.95. The van der Waals surface area contributed by atoms with Crippen LogP contribution >= 0.6 is 0 Å². The molecule has 0 aromatic carbocycles. The van der Waals surface area contributed by atoms with Crippen molar-refractivity contribution < 1.29 is 24.2 Å². The van der Waals surface area contributed by atoms with E-state index in [4.69, 9.17) is 9.47 Å². The summed E-state index contributed by atoms with van der Waals surface area (Å²) in [5, 5.41) is 19.2. The summed E-state index contributed by atoms with van der Waals surface area (Å²) in [6, 6.07) is 5.11. The standard InChI is InChI=1S/C16H20N2O5/c1-4-12(15(20)21)16(10-17,8-14(19)23-5-2)11-6-7-13(22-3)18-9-11/h6-7,9,12H,4-5,8H2,1-3H3,(H,20,21). The molecule has 7 nitrogen and oxygen atoms in total. The van der Waals surface area contributed by atoms with Gasteiger partial charge in [0.05, 0.1) is 32.1 Å². The minimum Gasteiger partial charge on any atom is -0.481 e. The van der Waals surface area contributed by atoms with Crippen molar-refractivity contribution in [2.45, 2.75) is 32.1 Å². The molecule has 2 unspecified atom stereocenters. The summed E-state index contributed by atoms with van der Waals surface area (Å²) in [6.07, 6.45) is 1.21. The number of hydrogen-bond donors (Lipinski definition) is 1. The second kappa shape index (κ2) is 8.13.